The van der Waals surface area contributed by atoms with Gasteiger partial charge in [0.15, 0.2) is 0 Å². The molecule has 0 amide bonds. The van der Waals surface area contributed by atoms with E-state index in [-0.39, 0.29) is 233 Å². The molecule has 0 aliphatic rings. The maximum atomic E-state index is 9.53. The molecule has 0 rings (SSSR count). The van der Waals surface area contributed by atoms with Gasteiger partial charge < -0.3 is 127 Å². The maximum absolute atomic E-state index is 9.53. The molecule has 24 nitrogen and oxygen atoms in total. The van der Waals surface area contributed by atoms with Crippen LogP contribution in [0, 0.1) is 0 Å². The first kappa shape index (κ1) is 192. The van der Waals surface area contributed by atoms with Crippen LogP contribution in [0.1, 0.15) is 255 Å². The first-order chi connectivity index (χ1) is 34.6. The third-order valence-electron chi connectivity index (χ3n) is 0. The van der Waals surface area contributed by atoms with Gasteiger partial charge in [-0.1, -0.05) is 222 Å². The van der Waals surface area contributed by atoms with Gasteiger partial charge in [-0.3, -0.25) is 0 Å². The van der Waals surface area contributed by atoms with Crippen molar-refractivity contribution in [2.75, 3.05) is 0 Å². The van der Waals surface area contributed by atoms with Gasteiger partial charge in [0.2, 0.25) is 0 Å². The molecule has 0 fully saturated rings. The zero-order valence-electron chi connectivity index (χ0n) is 67.5. The topological polar surface area (TPSA) is 529 Å². The monoisotopic (exact) mass is 1520 g/mol. The molecule has 0 spiro atoms. The second kappa shape index (κ2) is 186. The van der Waals surface area contributed by atoms with Crippen molar-refractivity contribution in [3.63, 3.8) is 0 Å². The third kappa shape index (κ3) is 33100. The van der Waals surface area contributed by atoms with Crippen molar-refractivity contribution in [1.82, 2.24) is 0 Å². The molecule has 0 bridgehead atoms. The second-order valence-corrected chi connectivity index (χ2v) is 18.7. The third-order valence-corrected chi connectivity index (χ3v) is 0. The van der Waals surface area contributed by atoms with Crippen LogP contribution in [0.3, 0.4) is 0 Å². The van der Waals surface area contributed by atoms with Gasteiger partial charge in [-0.2, -0.15) is 0 Å². The van der Waals surface area contributed by atoms with Gasteiger partial charge >= 0.3 is 227 Å². The van der Waals surface area contributed by atoms with E-state index in [1.165, 1.54) is 0 Å². The molecular weight excluding hydrogens is 1390 g/mol. The first-order valence-electron chi connectivity index (χ1n) is 25.9. The van der Waals surface area contributed by atoms with Crippen molar-refractivity contribution in [3.05, 3.63) is 0 Å². The van der Waals surface area contributed by atoms with E-state index in [2.05, 4.69) is 0 Å². The number of carbonyl (C=O) groups is 4. The van der Waals surface area contributed by atoms with Crippen LogP contribution in [0.2, 0.25) is 0 Å². The van der Waals surface area contributed by atoms with Gasteiger partial charge in [-0.25, -0.2) is 0 Å². The molecule has 520 valence electrons. The summed E-state index contributed by atoms with van der Waals surface area (Å²) in [5.41, 5.74) is 0. The fourth-order valence-electron chi connectivity index (χ4n) is 0. The standard InChI is InChI=1S/16C3H7O.4C2H4O2.4Na.5Ti.4H/c16*1-3(2)4;4*1-2(3)4;;;;;;;;;;;;;/h16*3H,1-2H3;4*1H3,(H,3,4);;;;;;;;;;;;;/q16*-1;;;;;4*+1;5*+4;4*-1/p-4. The molecule has 0 saturated heterocycles. The average Bonchev–Trinajstić information content (AvgIpc) is 2.99. The van der Waals surface area contributed by atoms with E-state index in [4.69, 9.17) is 39.6 Å². The summed E-state index contributed by atoms with van der Waals surface area (Å²) in [6.07, 6.45) is -6.67. The van der Waals surface area contributed by atoms with Crippen molar-refractivity contribution < 1.29 is 354 Å². The molecule has 0 heterocycles. The summed E-state index contributed by atoms with van der Waals surface area (Å²) in [5, 5.41) is 188. The summed E-state index contributed by atoms with van der Waals surface area (Å²) in [4.78, 5) is 35.6. The molecule has 0 aromatic rings. The van der Waals surface area contributed by atoms with Gasteiger partial charge in [-0.05, 0) is 27.7 Å². The Morgan fingerprint density at radius 1 is 0.169 bits per heavy atom. The smallest absolute Gasteiger partial charge is 1.00 e. The molecule has 0 aromatic carbocycles. The van der Waals surface area contributed by atoms with Crippen LogP contribution in [-0.4, -0.2) is 122 Å². The molecule has 0 aliphatic heterocycles. The van der Waals surface area contributed by atoms with Crippen LogP contribution in [0.25, 0.3) is 0 Å². The Morgan fingerprint density at radius 2 is 0.169 bits per heavy atom. The maximum Gasteiger partial charge on any atom is 4.00 e. The first-order valence-corrected chi connectivity index (χ1v) is 25.9. The minimum Gasteiger partial charge on any atom is -1.00 e. The molecule has 33 heteroatoms. The molecule has 0 saturated carbocycles. The number of hydrogen-bond acceptors (Lipinski definition) is 24. The molecule has 0 N–H and O–H groups in total. The minimum atomic E-state index is -1.08. The summed E-state index contributed by atoms with van der Waals surface area (Å²) < 4.78 is 0. The van der Waals surface area contributed by atoms with Crippen LogP contribution >= 0.6 is 0 Å². The summed E-state index contributed by atoms with van der Waals surface area (Å²) >= 11 is 0. The Bertz CT molecular complexity index is 686. The van der Waals surface area contributed by atoms with Crippen LogP contribution < -0.4 is 220 Å². The van der Waals surface area contributed by atoms with Crippen LogP contribution in [-0.2, 0) is 128 Å². The molecule has 89 heavy (non-hydrogen) atoms. The Balaban J connectivity index is -0.0000000130. The molecule has 0 radical (unpaired) electrons. The number of hydrogen-bond donors (Lipinski definition) is 0. The number of carbonyl (C=O) groups excluding carboxylic acids is 4. The zero-order chi connectivity index (χ0) is 71.5. The van der Waals surface area contributed by atoms with Crippen LogP contribution in [0.4, 0.5) is 0 Å². The van der Waals surface area contributed by atoms with E-state index in [0.29, 0.717) is 0 Å². The Morgan fingerprint density at radius 3 is 0.169 bits per heavy atom. The summed E-state index contributed by atoms with van der Waals surface area (Å²) in [5.74, 6) is -4.33. The molecule has 0 unspecified atom stereocenters. The summed E-state index contributed by atoms with van der Waals surface area (Å²) in [6, 6.07) is 0. The zero-order valence-corrected chi connectivity index (χ0v) is 79.3. The van der Waals surface area contributed by atoms with E-state index in [1.54, 1.807) is 222 Å². The van der Waals surface area contributed by atoms with Crippen LogP contribution in [0.15, 0.2) is 0 Å². The molecule has 0 aromatic heterocycles. The van der Waals surface area contributed by atoms with Crippen molar-refractivity contribution in [2.45, 2.75) is 347 Å². The van der Waals surface area contributed by atoms with Crippen molar-refractivity contribution in [2.24, 2.45) is 0 Å². The quantitative estimate of drug-likeness (QED) is 0.203. The van der Waals surface area contributed by atoms with E-state index in [1.807, 2.05) is 0 Å². The SMILES string of the molecule is CC(=O)[O-].CC(=O)[O-].CC(=O)[O-].CC(=O)[O-].CC(C)[O-].CC(C)[O-].CC(C)[O-].CC(C)[O-].CC(C)[O-].CC(C)[O-].CC(C)[O-].CC(C)[O-].CC(C)[O-].CC(C)[O-].CC(C)[O-].CC(C)[O-].CC(C)[O-].CC(C)[O-].CC(C)[O-].CC(C)[O-].[H-].[H-].[H-].[H-].[Na+].[Na+].[Na+].[Na+].[Ti+4].[Ti+4].[Ti+4].[Ti+4].[Ti+4]. The second-order valence-electron chi connectivity index (χ2n) is 18.7. The molecule has 0 atom stereocenters. The van der Waals surface area contributed by atoms with Crippen molar-refractivity contribution in [1.29, 1.82) is 0 Å². The summed E-state index contributed by atoms with van der Waals surface area (Å²) in [7, 11) is 0. The van der Waals surface area contributed by atoms with Crippen molar-refractivity contribution in [3.8, 4) is 0 Å². The van der Waals surface area contributed by atoms with E-state index in [0.717, 1.165) is 27.7 Å². The normalized spacial score (nSPS) is 7.60. The molecule has 0 aliphatic carbocycles. The van der Waals surface area contributed by atoms with E-state index < -0.39 is 122 Å². The number of aliphatic carboxylic acids is 4. The predicted molar refractivity (Wildman–Crippen MR) is 289 cm³/mol. The minimum absolute atomic E-state index is 0. The molecular formula is C56H128Na4O24Ti5. The van der Waals surface area contributed by atoms with Gasteiger partial charge in [0.25, 0.3) is 0 Å². The average molecular weight is 1520 g/mol. The van der Waals surface area contributed by atoms with Gasteiger partial charge in [0, 0.05) is 23.9 Å². The Hall–Kier alpha value is 4.81. The van der Waals surface area contributed by atoms with E-state index in [9.17, 15) is 81.7 Å². The Kier molecular flexibility index (Phi) is 403. The van der Waals surface area contributed by atoms with E-state index >= 15 is 0 Å². The fourth-order valence-corrected chi connectivity index (χ4v) is 0. The predicted octanol–water partition coefficient (Wildman–Crippen LogP) is -20.4. The summed E-state index contributed by atoms with van der Waals surface area (Å²) in [6.45, 7) is 55.4. The van der Waals surface area contributed by atoms with Gasteiger partial charge in [0.05, 0.1) is 0 Å². The largest absolute Gasteiger partial charge is 4.00 e. The fraction of sp³-hybridized carbons (Fsp3) is 0.929. The van der Waals surface area contributed by atoms with Gasteiger partial charge in [0.1, 0.15) is 0 Å². The van der Waals surface area contributed by atoms with Crippen molar-refractivity contribution >= 4 is 23.9 Å². The number of rotatable bonds is 0. The Labute approximate surface area is 715 Å². The number of carboxylic acid groups (broad SMARTS) is 4. The van der Waals surface area contributed by atoms with Gasteiger partial charge in [-0.15, -0.1) is 97.7 Å². The number of carboxylic acids is 4. The van der Waals surface area contributed by atoms with Crippen LogP contribution in [0.5, 0.6) is 0 Å².